The van der Waals surface area contributed by atoms with Crippen molar-refractivity contribution in [2.24, 2.45) is 0 Å². The molecule has 1 N–H and O–H groups in total. The first-order valence-corrected chi connectivity index (χ1v) is 7.33. The van der Waals surface area contributed by atoms with Crippen LogP contribution in [0.2, 0.25) is 0 Å². The maximum atomic E-state index is 10.00. The van der Waals surface area contributed by atoms with E-state index in [1.165, 1.54) is 5.56 Å². The lowest BCUT2D eigenvalue weighted by Gasteiger charge is -2.34. The van der Waals surface area contributed by atoms with Gasteiger partial charge in [0.1, 0.15) is 0 Å². The third-order valence-corrected chi connectivity index (χ3v) is 3.41. The van der Waals surface area contributed by atoms with Crippen molar-refractivity contribution < 1.29 is 14.6 Å². The molecule has 1 aliphatic heterocycles. The van der Waals surface area contributed by atoms with Crippen molar-refractivity contribution in [2.75, 3.05) is 32.8 Å². The molecule has 20 heavy (non-hydrogen) atoms. The summed E-state index contributed by atoms with van der Waals surface area (Å²) in [5.74, 6) is 0. The Bertz CT molecular complexity index is 383. The van der Waals surface area contributed by atoms with Gasteiger partial charge in [-0.3, -0.25) is 4.90 Å². The first-order valence-electron chi connectivity index (χ1n) is 7.33. The van der Waals surface area contributed by atoms with Gasteiger partial charge < -0.3 is 14.6 Å². The van der Waals surface area contributed by atoms with Crippen LogP contribution in [-0.2, 0) is 9.47 Å². The maximum Gasteiger partial charge on any atom is 0.0952 e. The highest BCUT2D eigenvalue weighted by Gasteiger charge is 2.23. The Hall–Kier alpha value is -0.940. The molecular formula is C16H25NO3. The summed E-state index contributed by atoms with van der Waals surface area (Å²) in [6, 6.07) is 10.3. The molecule has 1 fully saturated rings. The molecule has 0 aromatic heterocycles. The number of nitrogens with zero attached hydrogens (tertiary/aromatic N) is 1. The highest BCUT2D eigenvalue weighted by Crippen LogP contribution is 2.21. The average Bonchev–Trinajstić information content (AvgIpc) is 2.46. The van der Waals surface area contributed by atoms with Crippen LogP contribution in [0.25, 0.3) is 0 Å². The molecule has 0 aliphatic carbocycles. The van der Waals surface area contributed by atoms with E-state index in [4.69, 9.17) is 9.47 Å². The molecule has 0 amide bonds. The number of β-amino-alcohol motifs (C(OH)–C–C–N with tert-alkyl or cyclic N) is 1. The SMILES string of the molecule is CC(C)OCC(O)CN1CCOC(c2ccccc2)C1. The van der Waals surface area contributed by atoms with Crippen molar-refractivity contribution in [3.63, 3.8) is 0 Å². The molecule has 1 aliphatic rings. The molecule has 0 saturated carbocycles. The largest absolute Gasteiger partial charge is 0.389 e. The third-order valence-electron chi connectivity index (χ3n) is 3.41. The molecule has 4 heteroatoms. The van der Waals surface area contributed by atoms with Crippen LogP contribution in [0.4, 0.5) is 0 Å². The summed E-state index contributed by atoms with van der Waals surface area (Å²) < 4.78 is 11.3. The van der Waals surface area contributed by atoms with Gasteiger partial charge in [-0.05, 0) is 19.4 Å². The zero-order valence-corrected chi connectivity index (χ0v) is 12.4. The predicted octanol–water partition coefficient (Wildman–Crippen LogP) is 1.85. The third kappa shape index (κ3) is 4.87. The van der Waals surface area contributed by atoms with Crippen molar-refractivity contribution in [3.8, 4) is 0 Å². The van der Waals surface area contributed by atoms with Gasteiger partial charge in [-0.2, -0.15) is 0 Å². The number of rotatable bonds is 6. The zero-order chi connectivity index (χ0) is 14.4. The van der Waals surface area contributed by atoms with Crippen LogP contribution < -0.4 is 0 Å². The van der Waals surface area contributed by atoms with E-state index in [0.29, 0.717) is 19.8 Å². The number of hydrogen-bond acceptors (Lipinski definition) is 4. The molecule has 0 radical (unpaired) electrons. The van der Waals surface area contributed by atoms with E-state index in [1.807, 2.05) is 32.0 Å². The van der Waals surface area contributed by atoms with E-state index >= 15 is 0 Å². The minimum Gasteiger partial charge on any atom is -0.389 e. The molecule has 2 unspecified atom stereocenters. The van der Waals surface area contributed by atoms with Crippen molar-refractivity contribution >= 4 is 0 Å². The van der Waals surface area contributed by atoms with Gasteiger partial charge in [0.2, 0.25) is 0 Å². The van der Waals surface area contributed by atoms with E-state index in [-0.39, 0.29) is 12.2 Å². The average molecular weight is 279 g/mol. The molecule has 112 valence electrons. The fourth-order valence-electron chi connectivity index (χ4n) is 2.39. The van der Waals surface area contributed by atoms with Crippen LogP contribution in [0.15, 0.2) is 30.3 Å². The number of aliphatic hydroxyl groups excluding tert-OH is 1. The monoisotopic (exact) mass is 279 g/mol. The quantitative estimate of drug-likeness (QED) is 0.863. The first-order chi connectivity index (χ1) is 9.65. The molecule has 0 bridgehead atoms. The van der Waals surface area contributed by atoms with Crippen molar-refractivity contribution in [1.29, 1.82) is 0 Å². The van der Waals surface area contributed by atoms with Crippen LogP contribution in [-0.4, -0.2) is 55.1 Å². The minimum absolute atomic E-state index is 0.100. The molecule has 1 heterocycles. The molecule has 1 saturated heterocycles. The van der Waals surface area contributed by atoms with E-state index < -0.39 is 6.10 Å². The molecule has 1 aromatic rings. The van der Waals surface area contributed by atoms with E-state index in [2.05, 4.69) is 17.0 Å². The zero-order valence-electron chi connectivity index (χ0n) is 12.4. The minimum atomic E-state index is -0.438. The Labute approximate surface area is 121 Å². The summed E-state index contributed by atoms with van der Waals surface area (Å²) >= 11 is 0. The number of aliphatic hydroxyl groups is 1. The van der Waals surface area contributed by atoms with Crippen LogP contribution in [0.1, 0.15) is 25.5 Å². The summed E-state index contributed by atoms with van der Waals surface area (Å²) in [5, 5.41) is 10.00. The van der Waals surface area contributed by atoms with Gasteiger partial charge in [0, 0.05) is 19.6 Å². The van der Waals surface area contributed by atoms with Gasteiger partial charge in [0.15, 0.2) is 0 Å². The van der Waals surface area contributed by atoms with Gasteiger partial charge in [-0.25, -0.2) is 0 Å². The van der Waals surface area contributed by atoms with Gasteiger partial charge in [-0.1, -0.05) is 30.3 Å². The molecule has 2 rings (SSSR count). The normalized spacial score (nSPS) is 22.1. The van der Waals surface area contributed by atoms with Gasteiger partial charge in [0.25, 0.3) is 0 Å². The van der Waals surface area contributed by atoms with Crippen LogP contribution in [0.5, 0.6) is 0 Å². The van der Waals surface area contributed by atoms with Crippen LogP contribution >= 0.6 is 0 Å². The summed E-state index contributed by atoms with van der Waals surface area (Å²) in [5.41, 5.74) is 1.20. The molecule has 4 nitrogen and oxygen atoms in total. The number of morpholine rings is 1. The Morgan fingerprint density at radius 3 is 2.80 bits per heavy atom. The number of hydrogen-bond donors (Lipinski definition) is 1. The lowest BCUT2D eigenvalue weighted by Crippen LogP contribution is -2.43. The second-order valence-corrected chi connectivity index (χ2v) is 5.57. The second kappa shape index (κ2) is 7.74. The highest BCUT2D eigenvalue weighted by atomic mass is 16.5. The second-order valence-electron chi connectivity index (χ2n) is 5.57. The Kier molecular flexibility index (Phi) is 5.98. The summed E-state index contributed by atoms with van der Waals surface area (Å²) in [4.78, 5) is 2.25. The molecule has 1 aromatic carbocycles. The molecule has 0 spiro atoms. The van der Waals surface area contributed by atoms with Gasteiger partial charge >= 0.3 is 0 Å². The highest BCUT2D eigenvalue weighted by molar-refractivity contribution is 5.18. The van der Waals surface area contributed by atoms with Crippen molar-refractivity contribution in [3.05, 3.63) is 35.9 Å². The Morgan fingerprint density at radius 1 is 1.35 bits per heavy atom. The van der Waals surface area contributed by atoms with Crippen LogP contribution in [0, 0.1) is 0 Å². The summed E-state index contributed by atoms with van der Waals surface area (Å²) in [7, 11) is 0. The first kappa shape index (κ1) is 15.4. The van der Waals surface area contributed by atoms with Gasteiger partial charge in [-0.15, -0.1) is 0 Å². The topological polar surface area (TPSA) is 41.9 Å². The van der Waals surface area contributed by atoms with Crippen molar-refractivity contribution in [1.82, 2.24) is 4.90 Å². The summed E-state index contributed by atoms with van der Waals surface area (Å²) in [6.07, 6.45) is -0.179. The van der Waals surface area contributed by atoms with Crippen LogP contribution in [0.3, 0.4) is 0 Å². The number of ether oxygens (including phenoxy) is 2. The van der Waals surface area contributed by atoms with Gasteiger partial charge in [0.05, 0.1) is 31.5 Å². The standard InChI is InChI=1S/C16H25NO3/c1-13(2)20-12-15(18)10-17-8-9-19-16(11-17)14-6-4-3-5-7-14/h3-7,13,15-16,18H,8-12H2,1-2H3. The van der Waals surface area contributed by atoms with Crippen molar-refractivity contribution in [2.45, 2.75) is 32.2 Å². The Balaban J connectivity index is 1.81. The van der Waals surface area contributed by atoms with E-state index in [1.54, 1.807) is 0 Å². The van der Waals surface area contributed by atoms with E-state index in [9.17, 15) is 5.11 Å². The fourth-order valence-corrected chi connectivity index (χ4v) is 2.39. The maximum absolute atomic E-state index is 10.00. The lowest BCUT2D eigenvalue weighted by atomic mass is 10.1. The Morgan fingerprint density at radius 2 is 2.10 bits per heavy atom. The molecular weight excluding hydrogens is 254 g/mol. The van der Waals surface area contributed by atoms with E-state index in [0.717, 1.165) is 13.1 Å². The predicted molar refractivity (Wildman–Crippen MR) is 78.7 cm³/mol. The lowest BCUT2D eigenvalue weighted by molar-refractivity contribution is -0.0574. The number of benzene rings is 1. The smallest absolute Gasteiger partial charge is 0.0952 e. The fraction of sp³-hybridized carbons (Fsp3) is 0.625. The summed E-state index contributed by atoms with van der Waals surface area (Å²) in [6.45, 7) is 7.38. The molecule has 2 atom stereocenters.